The summed E-state index contributed by atoms with van der Waals surface area (Å²) < 4.78 is 7.32. The first-order chi connectivity index (χ1) is 19.1. The van der Waals surface area contributed by atoms with Crippen LogP contribution in [-0.4, -0.2) is 64.2 Å². The van der Waals surface area contributed by atoms with Crippen LogP contribution in [0.1, 0.15) is 52.7 Å². The monoisotopic (exact) mass is 520 g/mol. The van der Waals surface area contributed by atoms with Gasteiger partial charge in [-0.15, -0.1) is 0 Å². The number of phenolic OH excluding ortho intramolecular Hbond substituents is 1. The number of amides is 1. The molecule has 39 heavy (non-hydrogen) atoms. The van der Waals surface area contributed by atoms with E-state index in [0.29, 0.717) is 18.3 Å². The molecule has 1 N–H and O–H groups in total. The number of hydrogen-bond acceptors (Lipinski definition) is 4. The van der Waals surface area contributed by atoms with Crippen LogP contribution in [0, 0.1) is 5.92 Å². The Balaban J connectivity index is 1.15. The lowest BCUT2D eigenvalue weighted by atomic mass is 9.46. The number of rotatable bonds is 5. The smallest absolute Gasteiger partial charge is 0.254 e. The van der Waals surface area contributed by atoms with Crippen molar-refractivity contribution in [3.63, 3.8) is 0 Å². The zero-order chi connectivity index (χ0) is 26.2. The molecule has 1 saturated carbocycles. The van der Waals surface area contributed by atoms with Crippen molar-refractivity contribution in [2.24, 2.45) is 5.92 Å². The Hall–Kier alpha value is -3.15. The van der Waals surface area contributed by atoms with Crippen molar-refractivity contribution in [1.82, 2.24) is 9.80 Å². The first-order valence-electron chi connectivity index (χ1n) is 14.7. The number of piperidine rings is 1. The molecule has 3 saturated heterocycles. The molecule has 3 aromatic carbocycles. The maximum Gasteiger partial charge on any atom is 0.254 e. The van der Waals surface area contributed by atoms with Crippen LogP contribution in [0.2, 0.25) is 0 Å². The molecule has 0 radical (unpaired) electrons. The number of phenols is 1. The van der Waals surface area contributed by atoms with E-state index in [1.54, 1.807) is 0 Å². The number of ether oxygens (including phenoxy) is 1. The van der Waals surface area contributed by atoms with E-state index in [0.717, 1.165) is 57.2 Å². The van der Waals surface area contributed by atoms with Crippen molar-refractivity contribution in [2.75, 3.05) is 19.6 Å². The van der Waals surface area contributed by atoms with Crippen LogP contribution in [0.15, 0.2) is 78.9 Å². The minimum Gasteiger partial charge on any atom is -0.508 e. The van der Waals surface area contributed by atoms with Gasteiger partial charge >= 0.3 is 0 Å². The molecule has 4 fully saturated rings. The van der Waals surface area contributed by atoms with Crippen LogP contribution in [0.25, 0.3) is 0 Å². The Kier molecular flexibility index (Phi) is 5.27. The second-order valence-electron chi connectivity index (χ2n) is 12.4. The Morgan fingerprint density at radius 3 is 2.62 bits per heavy atom. The number of aryl methyl sites for hydroxylation is 1. The molecule has 200 valence electrons. The second kappa shape index (κ2) is 8.67. The van der Waals surface area contributed by atoms with Crippen molar-refractivity contribution in [2.45, 2.75) is 67.7 Å². The zero-order valence-electron chi connectivity index (χ0n) is 22.3. The first-order valence-corrected chi connectivity index (χ1v) is 14.7. The molecule has 1 amide bonds. The number of carbonyl (C=O) groups is 1. The van der Waals surface area contributed by atoms with Crippen LogP contribution in [0.3, 0.4) is 0 Å². The first kappa shape index (κ1) is 23.7. The van der Waals surface area contributed by atoms with Gasteiger partial charge in [0.25, 0.3) is 5.91 Å². The second-order valence-corrected chi connectivity index (χ2v) is 12.4. The summed E-state index contributed by atoms with van der Waals surface area (Å²) in [5.41, 5.74) is 4.43. The van der Waals surface area contributed by atoms with Gasteiger partial charge in [0.05, 0.1) is 11.7 Å². The third kappa shape index (κ3) is 3.23. The van der Waals surface area contributed by atoms with Crippen LogP contribution in [0.5, 0.6) is 5.75 Å². The van der Waals surface area contributed by atoms with Crippen LogP contribution < -0.4 is 0 Å². The van der Waals surface area contributed by atoms with Gasteiger partial charge in [0, 0.05) is 35.5 Å². The molecule has 5 aliphatic rings. The quantitative estimate of drug-likeness (QED) is 0.517. The minimum absolute atomic E-state index is 0.0465. The summed E-state index contributed by atoms with van der Waals surface area (Å²) in [6, 6.07) is 27.1. The summed E-state index contributed by atoms with van der Waals surface area (Å²) in [6.45, 7) is 2.79. The van der Waals surface area contributed by atoms with E-state index >= 15 is 0 Å². The fourth-order valence-corrected chi connectivity index (χ4v) is 9.55. The highest BCUT2D eigenvalue weighted by atomic mass is 16.5. The fourth-order valence-electron chi connectivity index (χ4n) is 9.55. The van der Waals surface area contributed by atoms with Gasteiger partial charge in [-0.2, -0.15) is 0 Å². The lowest BCUT2D eigenvalue weighted by Gasteiger charge is -2.64. The lowest BCUT2D eigenvalue weighted by Crippen LogP contribution is -2.74. The maximum atomic E-state index is 13.7. The summed E-state index contributed by atoms with van der Waals surface area (Å²) in [5.74, 6) is 0.745. The van der Waals surface area contributed by atoms with Gasteiger partial charge in [0.2, 0.25) is 0 Å². The number of likely N-dealkylation sites (tertiary alicyclic amines) is 2. The summed E-state index contributed by atoms with van der Waals surface area (Å²) in [6.07, 6.45) is 6.24. The third-order valence-corrected chi connectivity index (χ3v) is 10.9. The third-order valence-electron chi connectivity index (χ3n) is 10.9. The maximum absolute atomic E-state index is 13.7. The lowest BCUT2D eigenvalue weighted by molar-refractivity contribution is -0.170. The molecular weight excluding hydrogens is 484 g/mol. The number of carbonyl (C=O) groups excluding carboxylic acids is 1. The van der Waals surface area contributed by atoms with E-state index in [-0.39, 0.29) is 35.0 Å². The van der Waals surface area contributed by atoms with E-state index < -0.39 is 0 Å². The standard InChI is InChI=1S/C34H36N2O3/c37-26-14-13-25-20-30-34-16-15-28-31(29(39-34)22-36(28)32(38)24-11-5-2-6-12-24)33(34,27(25)21-26)17-19-35(30)18-7-10-23-8-3-1-4-9-23/h1-6,8-9,11-14,21,28-31,37H,7,10,15-20,22H2/t28-,29-,30-,31+,33+,34-/m1/s1. The van der Waals surface area contributed by atoms with Crippen molar-refractivity contribution in [3.8, 4) is 5.75 Å². The molecule has 2 aliphatic carbocycles. The number of hydrogen-bond donors (Lipinski definition) is 1. The molecule has 8 rings (SSSR count). The Morgan fingerprint density at radius 2 is 1.79 bits per heavy atom. The Bertz CT molecular complexity index is 1410. The van der Waals surface area contributed by atoms with Gasteiger partial charge in [-0.1, -0.05) is 54.6 Å². The summed E-state index contributed by atoms with van der Waals surface area (Å²) in [4.78, 5) is 18.6. The van der Waals surface area contributed by atoms with Crippen molar-refractivity contribution >= 4 is 5.91 Å². The van der Waals surface area contributed by atoms with Crippen LogP contribution in [-0.2, 0) is 23.0 Å². The number of benzene rings is 3. The SMILES string of the molecule is O=C(c1ccccc1)N1C[C@H]2O[C@@]34CC[C@@H]1[C@@H]2[C@@]31CCN(CCCc2ccccc2)[C@@H]4Cc2ccc(O)cc21. The predicted molar refractivity (Wildman–Crippen MR) is 150 cm³/mol. The topological polar surface area (TPSA) is 53.0 Å². The number of nitrogens with zero attached hydrogens (tertiary/aromatic N) is 2. The molecule has 0 spiro atoms. The van der Waals surface area contributed by atoms with Gasteiger partial charge < -0.3 is 14.7 Å². The molecular formula is C34H36N2O3. The molecule has 3 aromatic rings. The molecule has 6 atom stereocenters. The van der Waals surface area contributed by atoms with Crippen molar-refractivity contribution in [1.29, 1.82) is 0 Å². The van der Waals surface area contributed by atoms with Gasteiger partial charge in [-0.05, 0) is 92.6 Å². The molecule has 4 bridgehead atoms. The highest BCUT2D eigenvalue weighted by Gasteiger charge is 2.78. The van der Waals surface area contributed by atoms with Crippen LogP contribution >= 0.6 is 0 Å². The predicted octanol–water partition coefficient (Wildman–Crippen LogP) is 4.97. The normalized spacial score (nSPS) is 34.0. The minimum atomic E-state index is -0.244. The summed E-state index contributed by atoms with van der Waals surface area (Å²) >= 11 is 0. The highest BCUT2D eigenvalue weighted by Crippen LogP contribution is 2.69. The van der Waals surface area contributed by atoms with Gasteiger partial charge in [-0.3, -0.25) is 9.69 Å². The molecule has 0 aromatic heterocycles. The van der Waals surface area contributed by atoms with E-state index in [9.17, 15) is 9.90 Å². The van der Waals surface area contributed by atoms with Crippen molar-refractivity contribution in [3.05, 3.63) is 101 Å². The van der Waals surface area contributed by atoms with Gasteiger partial charge in [-0.25, -0.2) is 0 Å². The molecule has 0 unspecified atom stereocenters. The molecule has 5 nitrogen and oxygen atoms in total. The van der Waals surface area contributed by atoms with E-state index in [2.05, 4.69) is 46.2 Å². The Morgan fingerprint density at radius 1 is 1.00 bits per heavy atom. The number of fused-ring (bicyclic) bond motifs is 1. The van der Waals surface area contributed by atoms with Crippen LogP contribution in [0.4, 0.5) is 0 Å². The molecule has 5 heteroatoms. The summed E-state index contributed by atoms with van der Waals surface area (Å²) in [7, 11) is 0. The van der Waals surface area contributed by atoms with E-state index in [4.69, 9.17) is 4.74 Å². The van der Waals surface area contributed by atoms with Crippen molar-refractivity contribution < 1.29 is 14.6 Å². The Labute approximate surface area is 230 Å². The van der Waals surface area contributed by atoms with Gasteiger partial charge in [0.15, 0.2) is 0 Å². The highest BCUT2D eigenvalue weighted by molar-refractivity contribution is 5.94. The average molecular weight is 521 g/mol. The fraction of sp³-hybridized carbons (Fsp3) is 0.441. The van der Waals surface area contributed by atoms with E-state index in [1.807, 2.05) is 42.5 Å². The average Bonchev–Trinajstić information content (AvgIpc) is 3.42. The molecule has 3 heterocycles. The largest absolute Gasteiger partial charge is 0.508 e. The molecule has 3 aliphatic heterocycles. The zero-order valence-corrected chi connectivity index (χ0v) is 22.3. The van der Waals surface area contributed by atoms with Gasteiger partial charge in [0.1, 0.15) is 5.75 Å². The van der Waals surface area contributed by atoms with E-state index in [1.165, 1.54) is 16.7 Å². The number of aromatic hydroxyl groups is 1. The summed E-state index contributed by atoms with van der Waals surface area (Å²) in [5, 5.41) is 10.7.